The van der Waals surface area contributed by atoms with Crippen molar-refractivity contribution < 1.29 is 17.9 Å². The molecule has 3 aromatic rings. The molecule has 1 fully saturated rings. The summed E-state index contributed by atoms with van der Waals surface area (Å²) in [7, 11) is -1.66. The van der Waals surface area contributed by atoms with E-state index < -0.39 is 9.84 Å². The Balaban J connectivity index is 1.58. The number of methoxy groups -OCH3 is 1. The van der Waals surface area contributed by atoms with Gasteiger partial charge in [0.15, 0.2) is 9.84 Å². The van der Waals surface area contributed by atoms with Gasteiger partial charge in [0.25, 0.3) is 0 Å². The number of benzene rings is 2. The molecule has 1 aromatic heterocycles. The van der Waals surface area contributed by atoms with Gasteiger partial charge in [-0.15, -0.1) is 0 Å². The summed E-state index contributed by atoms with van der Waals surface area (Å²) in [6, 6.07) is 15.0. The Morgan fingerprint density at radius 3 is 2.53 bits per heavy atom. The number of carbonyl (C=O) groups excluding carboxylic acids is 1. The standard InChI is InChI=1S/C22H25N3O4S/c1-29-17-11-9-16(10-12-17)22(15-7-8-15)24-21(26)13-25-19-6-4-3-5-18(19)23-20(25)14-30(2,27)28/h3-6,9-12,15,22H,7-8,13-14H2,1-2H3,(H,24,26). The van der Waals surface area contributed by atoms with Gasteiger partial charge in [-0.2, -0.15) is 0 Å². The van der Waals surface area contributed by atoms with Gasteiger partial charge in [-0.25, -0.2) is 13.4 Å². The molecule has 1 N–H and O–H groups in total. The van der Waals surface area contributed by atoms with Gasteiger partial charge in [0, 0.05) is 6.26 Å². The molecule has 158 valence electrons. The van der Waals surface area contributed by atoms with Crippen LogP contribution in [0.25, 0.3) is 11.0 Å². The number of nitrogens with one attached hydrogen (secondary N) is 1. The number of sulfone groups is 1. The van der Waals surface area contributed by atoms with Crippen LogP contribution >= 0.6 is 0 Å². The van der Waals surface area contributed by atoms with Crippen molar-refractivity contribution in [2.45, 2.75) is 31.2 Å². The maximum absolute atomic E-state index is 13.0. The van der Waals surface area contributed by atoms with Crippen LogP contribution in [0.4, 0.5) is 0 Å². The van der Waals surface area contributed by atoms with Crippen LogP contribution in [-0.4, -0.2) is 37.2 Å². The Morgan fingerprint density at radius 2 is 1.90 bits per heavy atom. The number of ether oxygens (including phenoxy) is 1. The number of nitrogens with zero attached hydrogens (tertiary/aromatic N) is 2. The average molecular weight is 428 g/mol. The van der Waals surface area contributed by atoms with E-state index in [0.29, 0.717) is 17.3 Å². The molecule has 30 heavy (non-hydrogen) atoms. The van der Waals surface area contributed by atoms with E-state index in [-0.39, 0.29) is 24.2 Å². The van der Waals surface area contributed by atoms with Crippen molar-refractivity contribution in [3.05, 3.63) is 59.9 Å². The van der Waals surface area contributed by atoms with Crippen molar-refractivity contribution in [2.24, 2.45) is 5.92 Å². The second-order valence-corrected chi connectivity index (χ2v) is 9.97. The highest BCUT2D eigenvalue weighted by atomic mass is 32.2. The lowest BCUT2D eigenvalue weighted by atomic mass is 10.0. The summed E-state index contributed by atoms with van der Waals surface area (Å²) in [4.78, 5) is 17.4. The van der Waals surface area contributed by atoms with E-state index in [0.717, 1.165) is 29.7 Å². The maximum Gasteiger partial charge on any atom is 0.240 e. The summed E-state index contributed by atoms with van der Waals surface area (Å²) in [5.74, 6) is 1.19. The maximum atomic E-state index is 13.0. The molecule has 1 aliphatic rings. The van der Waals surface area contributed by atoms with Crippen molar-refractivity contribution in [2.75, 3.05) is 13.4 Å². The molecule has 1 unspecified atom stereocenters. The molecule has 1 heterocycles. The zero-order chi connectivity index (χ0) is 21.3. The average Bonchev–Trinajstić information content (AvgIpc) is 3.50. The lowest BCUT2D eigenvalue weighted by molar-refractivity contribution is -0.122. The van der Waals surface area contributed by atoms with Gasteiger partial charge in [-0.3, -0.25) is 4.79 Å². The number of fused-ring (bicyclic) bond motifs is 1. The molecule has 0 bridgehead atoms. The Kier molecular flexibility index (Phi) is 5.51. The quantitative estimate of drug-likeness (QED) is 0.597. The summed E-state index contributed by atoms with van der Waals surface area (Å²) in [5, 5.41) is 3.15. The van der Waals surface area contributed by atoms with Gasteiger partial charge in [0.2, 0.25) is 5.91 Å². The van der Waals surface area contributed by atoms with Crippen LogP contribution in [0.2, 0.25) is 0 Å². The number of aromatic nitrogens is 2. The number of carbonyl (C=O) groups is 1. The smallest absolute Gasteiger partial charge is 0.240 e. The molecule has 0 spiro atoms. The van der Waals surface area contributed by atoms with Crippen LogP contribution in [-0.2, 0) is 26.9 Å². The molecule has 4 rings (SSSR count). The van der Waals surface area contributed by atoms with E-state index in [1.807, 2.05) is 48.5 Å². The second-order valence-electron chi connectivity index (χ2n) is 7.83. The number of rotatable bonds is 8. The topological polar surface area (TPSA) is 90.3 Å². The summed E-state index contributed by atoms with van der Waals surface area (Å²) in [6.07, 6.45) is 3.32. The van der Waals surface area contributed by atoms with Crippen molar-refractivity contribution in [1.82, 2.24) is 14.9 Å². The van der Waals surface area contributed by atoms with Crippen LogP contribution < -0.4 is 10.1 Å². The van der Waals surface area contributed by atoms with Crippen LogP contribution in [0.3, 0.4) is 0 Å². The molecular weight excluding hydrogens is 402 g/mol. The lowest BCUT2D eigenvalue weighted by Gasteiger charge is -2.20. The number of hydrogen-bond acceptors (Lipinski definition) is 5. The first-order valence-corrected chi connectivity index (χ1v) is 12.0. The molecular formula is C22H25N3O4S. The minimum Gasteiger partial charge on any atom is -0.497 e. The predicted octanol–water partition coefficient (Wildman–Crippen LogP) is 2.86. The van der Waals surface area contributed by atoms with Gasteiger partial charge in [-0.1, -0.05) is 24.3 Å². The van der Waals surface area contributed by atoms with E-state index in [2.05, 4.69) is 10.3 Å². The molecule has 1 aliphatic carbocycles. The largest absolute Gasteiger partial charge is 0.497 e. The van der Waals surface area contributed by atoms with Crippen LogP contribution in [0.5, 0.6) is 5.75 Å². The van der Waals surface area contributed by atoms with E-state index >= 15 is 0 Å². The molecule has 7 nitrogen and oxygen atoms in total. The fourth-order valence-corrected chi connectivity index (χ4v) is 4.41. The van der Waals surface area contributed by atoms with Crippen molar-refractivity contribution in [1.29, 1.82) is 0 Å². The van der Waals surface area contributed by atoms with Gasteiger partial charge >= 0.3 is 0 Å². The Bertz CT molecular complexity index is 1160. The molecule has 8 heteroatoms. The summed E-state index contributed by atoms with van der Waals surface area (Å²) in [6.45, 7) is 0.0186. The third-order valence-electron chi connectivity index (χ3n) is 5.31. The highest BCUT2D eigenvalue weighted by Gasteiger charge is 2.33. The number of amides is 1. The van der Waals surface area contributed by atoms with Crippen LogP contribution in [0, 0.1) is 5.92 Å². The monoisotopic (exact) mass is 427 g/mol. The van der Waals surface area contributed by atoms with Gasteiger partial charge in [-0.05, 0) is 48.6 Å². The first kappa shape index (κ1) is 20.4. The van der Waals surface area contributed by atoms with Crippen LogP contribution in [0.1, 0.15) is 30.3 Å². The van der Waals surface area contributed by atoms with E-state index in [1.165, 1.54) is 6.26 Å². The molecule has 1 atom stereocenters. The zero-order valence-electron chi connectivity index (χ0n) is 17.0. The molecule has 1 amide bonds. The van der Waals surface area contributed by atoms with Gasteiger partial charge in [0.1, 0.15) is 23.9 Å². The number of imidazole rings is 1. The predicted molar refractivity (Wildman–Crippen MR) is 115 cm³/mol. The number of para-hydroxylation sites is 2. The summed E-state index contributed by atoms with van der Waals surface area (Å²) >= 11 is 0. The van der Waals surface area contributed by atoms with Gasteiger partial charge in [0.05, 0.1) is 24.2 Å². The fraction of sp³-hybridized carbons (Fsp3) is 0.364. The Hall–Kier alpha value is -2.87. The molecule has 0 aliphatic heterocycles. The van der Waals surface area contributed by atoms with Crippen LogP contribution in [0.15, 0.2) is 48.5 Å². The SMILES string of the molecule is COc1ccc(C(NC(=O)Cn2c(CS(C)(=O)=O)nc3ccccc32)C2CC2)cc1. The molecule has 0 saturated heterocycles. The fourth-order valence-electron chi connectivity index (χ4n) is 3.72. The van der Waals surface area contributed by atoms with E-state index in [1.54, 1.807) is 11.7 Å². The minimum atomic E-state index is -3.29. The second kappa shape index (κ2) is 8.10. The van der Waals surface area contributed by atoms with Crippen molar-refractivity contribution in [3.63, 3.8) is 0 Å². The number of hydrogen-bond donors (Lipinski definition) is 1. The zero-order valence-corrected chi connectivity index (χ0v) is 17.9. The van der Waals surface area contributed by atoms with E-state index in [4.69, 9.17) is 4.74 Å². The van der Waals surface area contributed by atoms with E-state index in [9.17, 15) is 13.2 Å². The Labute approximate surface area is 176 Å². The normalized spacial score (nSPS) is 15.1. The molecule has 1 saturated carbocycles. The summed E-state index contributed by atoms with van der Waals surface area (Å²) in [5.41, 5.74) is 2.47. The third kappa shape index (κ3) is 4.64. The van der Waals surface area contributed by atoms with Gasteiger partial charge < -0.3 is 14.6 Å². The first-order valence-electron chi connectivity index (χ1n) is 9.89. The first-order chi connectivity index (χ1) is 14.3. The third-order valence-corrected chi connectivity index (χ3v) is 6.09. The summed E-state index contributed by atoms with van der Waals surface area (Å²) < 4.78 is 30.6. The molecule has 0 radical (unpaired) electrons. The lowest BCUT2D eigenvalue weighted by Crippen LogP contribution is -2.33. The van der Waals surface area contributed by atoms with Crippen molar-refractivity contribution in [3.8, 4) is 5.75 Å². The highest BCUT2D eigenvalue weighted by Crippen LogP contribution is 2.41. The van der Waals surface area contributed by atoms with Crippen molar-refractivity contribution >= 4 is 26.8 Å². The minimum absolute atomic E-state index is 0.0186. The highest BCUT2D eigenvalue weighted by molar-refractivity contribution is 7.89. The molecule has 2 aromatic carbocycles. The Morgan fingerprint density at radius 1 is 1.20 bits per heavy atom.